The van der Waals surface area contributed by atoms with Gasteiger partial charge in [0.15, 0.2) is 11.9 Å². The number of aliphatic hydroxyl groups excluding tert-OH is 1. The number of hydrogen-bond donors (Lipinski definition) is 8. The predicted molar refractivity (Wildman–Crippen MR) is 270 cm³/mol. The third-order valence-corrected chi connectivity index (χ3v) is 15.0. The van der Waals surface area contributed by atoms with Crippen molar-refractivity contribution < 1.29 is 38.6 Å². The molecule has 0 aliphatic carbocycles. The van der Waals surface area contributed by atoms with Crippen molar-refractivity contribution in [2.45, 2.75) is 32.7 Å². The summed E-state index contributed by atoms with van der Waals surface area (Å²) >= 11 is 11.5. The van der Waals surface area contributed by atoms with Crippen LogP contribution in [0.15, 0.2) is 9.98 Å². The van der Waals surface area contributed by atoms with Crippen LogP contribution < -0.4 is 38.1 Å². The lowest BCUT2D eigenvalue weighted by Crippen LogP contribution is -2.52. The number of ether oxygens (including phenoxy) is 1. The largest absolute Gasteiger partial charge is 0.484 e. The minimum Gasteiger partial charge on any atom is -0.484 e. The zero-order chi connectivity index (χ0) is 43.6. The average Bonchev–Trinajstić information content (AvgIpc) is 3.17. The molecule has 1 unspecified atom stereocenters. The van der Waals surface area contributed by atoms with Gasteiger partial charge in [-0.15, -0.1) is 0 Å². The molecule has 10 N–H and O–H groups in total. The Hall–Kier alpha value is -1.66. The van der Waals surface area contributed by atoms with E-state index >= 15 is 0 Å². The Bertz CT molecular complexity index is 2040. The maximum absolute atomic E-state index is 14.2. The molecule has 1 saturated heterocycles. The van der Waals surface area contributed by atoms with Gasteiger partial charge in [-0.1, -0.05) is 6.92 Å². The summed E-state index contributed by atoms with van der Waals surface area (Å²) in [5.74, 6) is -3.12. The highest BCUT2D eigenvalue weighted by molar-refractivity contribution is 14.1. The number of aliphatic hydroxyl groups is 1. The topological polar surface area (TPSA) is 272 Å². The van der Waals surface area contributed by atoms with Gasteiger partial charge in [-0.05, 0) is 154 Å². The smallest absolute Gasteiger partial charge is 0.254 e. The minimum atomic E-state index is -1.16. The average molecular weight is 1480 g/mol. The number of guanidine groups is 1. The second kappa shape index (κ2) is 23.5. The second-order valence-electron chi connectivity index (χ2n) is 12.5. The van der Waals surface area contributed by atoms with Gasteiger partial charge in [0.2, 0.25) is 11.8 Å². The van der Waals surface area contributed by atoms with Gasteiger partial charge in [0.1, 0.15) is 6.04 Å². The Labute approximate surface area is 416 Å². The summed E-state index contributed by atoms with van der Waals surface area (Å²) in [6.07, 6.45) is 1.59. The molecule has 58 heavy (non-hydrogen) atoms. The minimum absolute atomic E-state index is 0.0194. The van der Waals surface area contributed by atoms with E-state index in [1.54, 1.807) is 11.8 Å². The first kappa shape index (κ1) is 50.7. The summed E-state index contributed by atoms with van der Waals surface area (Å²) in [5, 5.41) is 22.7. The summed E-state index contributed by atoms with van der Waals surface area (Å²) < 4.78 is 7.16. The molecule has 1 aliphatic heterocycles. The highest BCUT2D eigenvalue weighted by Gasteiger charge is 2.34. The van der Waals surface area contributed by atoms with Crippen LogP contribution >= 0.6 is 136 Å². The fourth-order valence-electron chi connectivity index (χ4n) is 5.40. The lowest BCUT2D eigenvalue weighted by molar-refractivity contribution is -0.134. The Morgan fingerprint density at radius 3 is 1.86 bits per heavy atom. The van der Waals surface area contributed by atoms with Crippen LogP contribution in [0.4, 0.5) is 11.4 Å². The van der Waals surface area contributed by atoms with E-state index in [-0.39, 0.29) is 76.1 Å². The van der Waals surface area contributed by atoms with Crippen LogP contribution in [-0.2, 0) is 14.3 Å². The Kier molecular flexibility index (Phi) is 20.6. The van der Waals surface area contributed by atoms with E-state index in [0.717, 1.165) is 12.8 Å². The molecule has 18 nitrogen and oxygen atoms in total. The molecule has 1 heterocycles. The number of benzene rings is 2. The molecule has 0 bridgehead atoms. The lowest BCUT2D eigenvalue weighted by atomic mass is 9.98. The van der Waals surface area contributed by atoms with Gasteiger partial charge in [-0.25, -0.2) is 4.99 Å². The lowest BCUT2D eigenvalue weighted by Gasteiger charge is -2.33. The zero-order valence-electron chi connectivity index (χ0n) is 31.4. The zero-order valence-corrected chi connectivity index (χ0v) is 44.3. The number of nitrogens with zero attached hydrogens (tertiary/aromatic N) is 3. The number of carbonyl (C=O) groups excluding carboxylic acids is 6. The quantitative estimate of drug-likeness (QED) is 0.0778. The SMILES string of the molecule is CNC(=O)c1c(I)c(N=C(C)OC)c(I)c(C(=O)NCC(=O)Nc2c(I)c(C(=O)NCCO)c(I)c(C(=O)NC(CN=C(N)N)C(=O)N3CCC(C)CC3)c2I)c1I. The number of hydrogen-bond acceptors (Lipinski definition) is 10. The number of nitrogens with two attached hydrogens (primary N) is 2. The molecule has 316 valence electrons. The van der Waals surface area contributed by atoms with Gasteiger partial charge in [-0.3, -0.25) is 33.8 Å². The molecule has 0 spiro atoms. The Balaban J connectivity index is 2.04. The van der Waals surface area contributed by atoms with Gasteiger partial charge in [0, 0.05) is 40.7 Å². The molecule has 0 radical (unpaired) electrons. The normalized spacial score (nSPS) is 13.6. The molecule has 1 atom stereocenters. The number of carbonyl (C=O) groups is 6. The van der Waals surface area contributed by atoms with Crippen LogP contribution in [0.25, 0.3) is 0 Å². The molecule has 24 heteroatoms. The van der Waals surface area contributed by atoms with Crippen molar-refractivity contribution in [3.8, 4) is 0 Å². The van der Waals surface area contributed by atoms with E-state index in [1.807, 2.05) is 136 Å². The maximum Gasteiger partial charge on any atom is 0.254 e. The third kappa shape index (κ3) is 12.7. The van der Waals surface area contributed by atoms with E-state index < -0.39 is 42.1 Å². The van der Waals surface area contributed by atoms with Gasteiger partial charge in [0.05, 0.1) is 74.7 Å². The van der Waals surface area contributed by atoms with Crippen LogP contribution in [0, 0.1) is 27.3 Å². The van der Waals surface area contributed by atoms with Crippen LogP contribution in [0.3, 0.4) is 0 Å². The van der Waals surface area contributed by atoms with Gasteiger partial charge in [0.25, 0.3) is 23.6 Å². The molecular weight excluding hydrogens is 1440 g/mol. The summed E-state index contributed by atoms with van der Waals surface area (Å²) in [4.78, 5) is 91.8. The number of rotatable bonds is 14. The summed E-state index contributed by atoms with van der Waals surface area (Å²) in [6, 6.07) is -1.16. The first-order chi connectivity index (χ1) is 27.3. The van der Waals surface area contributed by atoms with Crippen molar-refractivity contribution in [1.82, 2.24) is 26.2 Å². The highest BCUT2D eigenvalue weighted by Crippen LogP contribution is 2.38. The van der Waals surface area contributed by atoms with Gasteiger partial charge in [-0.2, -0.15) is 0 Å². The van der Waals surface area contributed by atoms with E-state index in [9.17, 15) is 33.9 Å². The predicted octanol–water partition coefficient (Wildman–Crippen LogP) is 3.09. The first-order valence-corrected chi connectivity index (χ1v) is 23.6. The fourth-order valence-corrected chi connectivity index (χ4v) is 14.2. The number of piperidine rings is 1. The maximum atomic E-state index is 14.2. The van der Waals surface area contributed by atoms with Crippen LogP contribution in [0.1, 0.15) is 68.1 Å². The van der Waals surface area contributed by atoms with Gasteiger partial charge >= 0.3 is 0 Å². The van der Waals surface area contributed by atoms with Crippen molar-refractivity contribution in [1.29, 1.82) is 0 Å². The molecule has 2 aromatic rings. The number of amides is 6. The van der Waals surface area contributed by atoms with E-state index in [2.05, 4.69) is 43.5 Å². The third-order valence-electron chi connectivity index (χ3n) is 8.54. The number of methoxy groups -OCH3 is 1. The monoisotopic (exact) mass is 1480 g/mol. The molecule has 1 aliphatic rings. The van der Waals surface area contributed by atoms with Crippen LogP contribution in [0.2, 0.25) is 0 Å². The Morgan fingerprint density at radius 2 is 1.34 bits per heavy atom. The van der Waals surface area contributed by atoms with Crippen LogP contribution in [-0.4, -0.2) is 117 Å². The molecule has 2 aromatic carbocycles. The van der Waals surface area contributed by atoms with Crippen molar-refractivity contribution in [3.63, 3.8) is 0 Å². The number of aliphatic imine (C=N–C) groups is 2. The summed E-state index contributed by atoms with van der Waals surface area (Å²) in [5.41, 5.74) is 11.9. The van der Waals surface area contributed by atoms with Crippen molar-refractivity contribution in [3.05, 3.63) is 43.7 Å². The fraction of sp³-hybridized carbons (Fsp3) is 0.412. The number of likely N-dealkylation sites (tertiary alicyclic amines) is 1. The summed E-state index contributed by atoms with van der Waals surface area (Å²) in [6.45, 7) is 3.47. The molecule has 3 rings (SSSR count). The van der Waals surface area contributed by atoms with Crippen molar-refractivity contribution >= 4 is 194 Å². The number of anilines is 1. The van der Waals surface area contributed by atoms with E-state index in [1.165, 1.54) is 14.2 Å². The molecule has 1 fully saturated rings. The standard InChI is InChI=1S/C34H40I6N10O8/c1-13-5-8-50(9-6-13)33(57)15(11-46-34(41)42)48-32(56)20-22(36)18(30(54)44-7-10-51)25(39)28(26(20)40)49-16(52)12-45-31(55)19-21(35)17(29(53)43-3)23(37)27(24(19)38)47-14(2)58-4/h13,15,51H,5-12H2,1-4H3,(H,43,53)(H,44,54)(H,45,55)(H,48,56)(H,49,52)(H4,41,42,46). The van der Waals surface area contributed by atoms with Crippen LogP contribution in [0.5, 0.6) is 0 Å². The van der Waals surface area contributed by atoms with Crippen molar-refractivity contribution in [2.24, 2.45) is 27.4 Å². The highest BCUT2D eigenvalue weighted by atomic mass is 127. The molecular formula is C34H40I6N10O8. The summed E-state index contributed by atoms with van der Waals surface area (Å²) in [7, 11) is 2.90. The Morgan fingerprint density at radius 1 is 0.828 bits per heavy atom. The molecule has 0 aromatic heterocycles. The number of nitrogens with one attached hydrogen (secondary N) is 5. The van der Waals surface area contributed by atoms with E-state index in [0.29, 0.717) is 35.4 Å². The molecule has 6 amide bonds. The first-order valence-electron chi connectivity index (χ1n) is 17.1. The van der Waals surface area contributed by atoms with E-state index in [4.69, 9.17) is 16.2 Å². The van der Waals surface area contributed by atoms with Crippen molar-refractivity contribution in [2.75, 3.05) is 58.8 Å². The van der Waals surface area contributed by atoms with Gasteiger partial charge < -0.3 is 52.8 Å². The second-order valence-corrected chi connectivity index (χ2v) is 19.0. The number of halogens is 6. The molecule has 0 saturated carbocycles.